The fraction of sp³-hybridized carbons (Fsp3) is 0.385. The number of methoxy groups -OCH3 is 1. The molecule has 0 aliphatic carbocycles. The third kappa shape index (κ3) is 5.32. The molecule has 2 N–H and O–H groups in total. The summed E-state index contributed by atoms with van der Waals surface area (Å²) in [5.41, 5.74) is 1.52. The van der Waals surface area contributed by atoms with Crippen molar-refractivity contribution in [1.82, 2.24) is 5.32 Å². The minimum Gasteiger partial charge on any atom is -0.385 e. The Labute approximate surface area is 107 Å². The van der Waals surface area contributed by atoms with Gasteiger partial charge >= 0.3 is 0 Å². The summed E-state index contributed by atoms with van der Waals surface area (Å²) in [6.07, 6.45) is 0.406. The average Bonchev–Trinajstić information content (AvgIpc) is 2.40. The average molecular weight is 247 g/mol. The first-order valence-corrected chi connectivity index (χ1v) is 5.76. The topological polar surface area (TPSA) is 74.2 Å². The fourth-order valence-electron chi connectivity index (χ4n) is 1.36. The van der Waals surface area contributed by atoms with Crippen LogP contribution in [-0.2, 0) is 9.53 Å². The van der Waals surface area contributed by atoms with Gasteiger partial charge in [-0.3, -0.25) is 4.79 Å². The van der Waals surface area contributed by atoms with Crippen LogP contribution in [0.4, 0.5) is 5.69 Å². The van der Waals surface area contributed by atoms with Gasteiger partial charge < -0.3 is 15.4 Å². The Bertz CT molecular complexity index is 409. The Balaban J connectivity index is 2.20. The van der Waals surface area contributed by atoms with E-state index < -0.39 is 0 Å². The van der Waals surface area contributed by atoms with E-state index in [4.69, 9.17) is 10.00 Å². The Morgan fingerprint density at radius 2 is 2.06 bits per heavy atom. The molecule has 1 aromatic carbocycles. The van der Waals surface area contributed by atoms with Crippen LogP contribution in [0.1, 0.15) is 12.0 Å². The molecule has 0 fully saturated rings. The van der Waals surface area contributed by atoms with Gasteiger partial charge in [0.15, 0.2) is 0 Å². The van der Waals surface area contributed by atoms with Crippen LogP contribution in [0, 0.1) is 11.3 Å². The summed E-state index contributed by atoms with van der Waals surface area (Å²) in [5, 5.41) is 14.5. The molecule has 5 nitrogen and oxygen atoms in total. The van der Waals surface area contributed by atoms with Crippen molar-refractivity contribution in [3.8, 4) is 6.07 Å². The zero-order chi connectivity index (χ0) is 13.2. The molecule has 1 aromatic rings. The first-order chi connectivity index (χ1) is 8.76. The number of hydrogen-bond acceptors (Lipinski definition) is 4. The second-order valence-electron chi connectivity index (χ2n) is 3.71. The molecule has 0 heterocycles. The highest BCUT2D eigenvalue weighted by atomic mass is 16.5. The molecule has 96 valence electrons. The van der Waals surface area contributed by atoms with Gasteiger partial charge in [-0.2, -0.15) is 5.26 Å². The fourth-order valence-corrected chi connectivity index (χ4v) is 1.36. The lowest BCUT2D eigenvalue weighted by atomic mass is 10.2. The lowest BCUT2D eigenvalue weighted by Crippen LogP contribution is -2.28. The van der Waals surface area contributed by atoms with Gasteiger partial charge in [-0.05, 0) is 24.3 Å². The third-order valence-electron chi connectivity index (χ3n) is 2.32. The first-order valence-electron chi connectivity index (χ1n) is 5.76. The summed E-state index contributed by atoms with van der Waals surface area (Å²) in [6.45, 7) is 1.62. The van der Waals surface area contributed by atoms with Crippen molar-refractivity contribution in [1.29, 1.82) is 5.26 Å². The quantitative estimate of drug-likeness (QED) is 0.708. The Morgan fingerprint density at radius 3 is 2.67 bits per heavy atom. The number of rotatable bonds is 7. The van der Waals surface area contributed by atoms with Crippen molar-refractivity contribution in [3.05, 3.63) is 29.8 Å². The lowest BCUT2D eigenvalue weighted by Gasteiger charge is -2.07. The van der Waals surface area contributed by atoms with Crippen molar-refractivity contribution in [2.45, 2.75) is 6.42 Å². The van der Waals surface area contributed by atoms with Crippen LogP contribution in [0.5, 0.6) is 0 Å². The molecule has 0 radical (unpaired) electrons. The van der Waals surface area contributed by atoms with Crippen LogP contribution in [0.3, 0.4) is 0 Å². The number of carbonyl (C=O) groups is 1. The van der Waals surface area contributed by atoms with Gasteiger partial charge in [0.2, 0.25) is 5.91 Å². The van der Waals surface area contributed by atoms with Gasteiger partial charge in [-0.25, -0.2) is 0 Å². The number of nitrogens with zero attached hydrogens (tertiary/aromatic N) is 1. The van der Waals surface area contributed by atoms with Gasteiger partial charge in [0.1, 0.15) is 0 Å². The van der Waals surface area contributed by atoms with E-state index in [1.165, 1.54) is 0 Å². The molecule has 0 aliphatic heterocycles. The molecular weight excluding hydrogens is 230 g/mol. The molecule has 18 heavy (non-hydrogen) atoms. The molecule has 0 aromatic heterocycles. The van der Waals surface area contributed by atoms with Crippen LogP contribution in [-0.4, -0.2) is 32.7 Å². The molecule has 0 aliphatic rings. The van der Waals surface area contributed by atoms with E-state index in [0.29, 0.717) is 31.7 Å². The predicted octanol–water partition coefficient (Wildman–Crippen LogP) is 1.12. The predicted molar refractivity (Wildman–Crippen MR) is 69.1 cm³/mol. The molecule has 1 rings (SSSR count). The molecule has 0 atom stereocenters. The van der Waals surface area contributed by atoms with Crippen LogP contribution in [0.25, 0.3) is 0 Å². The van der Waals surface area contributed by atoms with Crippen LogP contribution < -0.4 is 10.6 Å². The Kier molecular flexibility index (Phi) is 6.30. The summed E-state index contributed by atoms with van der Waals surface area (Å²) >= 11 is 0. The van der Waals surface area contributed by atoms with Gasteiger partial charge in [0, 0.05) is 32.3 Å². The van der Waals surface area contributed by atoms with Crippen molar-refractivity contribution >= 4 is 11.6 Å². The number of carbonyl (C=O) groups excluding carboxylic acids is 1. The number of nitrogens with one attached hydrogen (secondary N) is 2. The van der Waals surface area contributed by atoms with Crippen LogP contribution in [0.2, 0.25) is 0 Å². The van der Waals surface area contributed by atoms with Gasteiger partial charge in [0.05, 0.1) is 18.2 Å². The molecule has 0 bridgehead atoms. The summed E-state index contributed by atoms with van der Waals surface area (Å²) in [6, 6.07) is 9.17. The zero-order valence-corrected chi connectivity index (χ0v) is 10.4. The second-order valence-corrected chi connectivity index (χ2v) is 3.71. The molecular formula is C13H17N3O2. The van der Waals surface area contributed by atoms with Crippen molar-refractivity contribution in [2.75, 3.05) is 32.1 Å². The molecule has 0 saturated carbocycles. The Morgan fingerprint density at radius 1 is 1.33 bits per heavy atom. The van der Waals surface area contributed by atoms with Crippen LogP contribution >= 0.6 is 0 Å². The molecule has 1 amide bonds. The normalized spacial score (nSPS) is 9.56. The Hall–Kier alpha value is -2.06. The molecule has 0 spiro atoms. The van der Waals surface area contributed by atoms with E-state index in [9.17, 15) is 4.79 Å². The molecule has 5 heteroatoms. The van der Waals surface area contributed by atoms with Gasteiger partial charge in [-0.15, -0.1) is 0 Å². The molecule has 0 unspecified atom stereocenters. The smallest absolute Gasteiger partial charge is 0.221 e. The van der Waals surface area contributed by atoms with Crippen molar-refractivity contribution in [2.24, 2.45) is 0 Å². The standard InChI is InChI=1S/C13H17N3O2/c1-18-9-8-16-13(17)6-7-15-12-4-2-11(10-14)3-5-12/h2-5,15H,6-9H2,1H3,(H,16,17). The summed E-state index contributed by atoms with van der Waals surface area (Å²) < 4.78 is 4.83. The van der Waals surface area contributed by atoms with Gasteiger partial charge in [-0.1, -0.05) is 0 Å². The minimum atomic E-state index is -0.00630. The van der Waals surface area contributed by atoms with Gasteiger partial charge in [0.25, 0.3) is 0 Å². The third-order valence-corrected chi connectivity index (χ3v) is 2.32. The summed E-state index contributed by atoms with van der Waals surface area (Å²) in [5.74, 6) is -0.00630. The maximum absolute atomic E-state index is 11.4. The zero-order valence-electron chi connectivity index (χ0n) is 10.4. The van der Waals surface area contributed by atoms with Crippen molar-refractivity contribution in [3.63, 3.8) is 0 Å². The van der Waals surface area contributed by atoms with E-state index >= 15 is 0 Å². The number of ether oxygens (including phenoxy) is 1. The highest BCUT2D eigenvalue weighted by Gasteiger charge is 2.00. The van der Waals surface area contributed by atoms with Crippen LogP contribution in [0.15, 0.2) is 24.3 Å². The minimum absolute atomic E-state index is 0.00630. The largest absolute Gasteiger partial charge is 0.385 e. The monoisotopic (exact) mass is 247 g/mol. The van der Waals surface area contributed by atoms with E-state index in [2.05, 4.69) is 16.7 Å². The van der Waals surface area contributed by atoms with E-state index in [1.807, 2.05) is 12.1 Å². The highest BCUT2D eigenvalue weighted by molar-refractivity contribution is 5.76. The second kappa shape index (κ2) is 8.09. The maximum atomic E-state index is 11.4. The van der Waals surface area contributed by atoms with E-state index in [1.54, 1.807) is 19.2 Å². The number of nitriles is 1. The van der Waals surface area contributed by atoms with Crippen molar-refractivity contribution < 1.29 is 9.53 Å². The number of anilines is 1. The number of amides is 1. The summed E-state index contributed by atoms with van der Waals surface area (Å²) in [4.78, 5) is 11.4. The number of benzene rings is 1. The summed E-state index contributed by atoms with van der Waals surface area (Å²) in [7, 11) is 1.60. The number of hydrogen-bond donors (Lipinski definition) is 2. The first kappa shape index (κ1) is 14.0. The lowest BCUT2D eigenvalue weighted by molar-refractivity contribution is -0.121. The SMILES string of the molecule is COCCNC(=O)CCNc1ccc(C#N)cc1. The highest BCUT2D eigenvalue weighted by Crippen LogP contribution is 2.08. The van der Waals surface area contributed by atoms with E-state index in [-0.39, 0.29) is 5.91 Å². The maximum Gasteiger partial charge on any atom is 0.221 e. The van der Waals surface area contributed by atoms with E-state index in [0.717, 1.165) is 5.69 Å². The molecule has 0 saturated heterocycles.